The molecule has 0 radical (unpaired) electrons. The number of benzene rings is 3. The second-order valence-corrected chi connectivity index (χ2v) is 8.65. The molecule has 1 amide bonds. The van der Waals surface area contributed by atoms with Gasteiger partial charge in [0, 0.05) is 17.3 Å². The molecule has 1 N–H and O–H groups in total. The fourth-order valence-electron chi connectivity index (χ4n) is 2.70. The molecule has 0 aromatic heterocycles. The molecular weight excluding hydrogens is 415 g/mol. The van der Waals surface area contributed by atoms with Crippen molar-refractivity contribution in [3.63, 3.8) is 0 Å². The van der Waals surface area contributed by atoms with E-state index in [4.69, 9.17) is 11.6 Å². The lowest BCUT2D eigenvalue weighted by atomic mass is 10.2. The van der Waals surface area contributed by atoms with Crippen LogP contribution in [0.2, 0.25) is 5.02 Å². The van der Waals surface area contributed by atoms with E-state index in [9.17, 15) is 17.6 Å². The van der Waals surface area contributed by atoms with Crippen molar-refractivity contribution in [2.75, 3.05) is 11.9 Å². The summed E-state index contributed by atoms with van der Waals surface area (Å²) in [6, 6.07) is 20.1. The average molecular weight is 433 g/mol. The minimum absolute atomic E-state index is 0.00235. The van der Waals surface area contributed by atoms with Crippen LogP contribution in [-0.4, -0.2) is 25.2 Å². The molecule has 3 aromatic rings. The number of carbonyl (C=O) groups is 1. The van der Waals surface area contributed by atoms with E-state index in [1.165, 1.54) is 42.5 Å². The summed E-state index contributed by atoms with van der Waals surface area (Å²) in [6.07, 6.45) is 0. The number of amides is 1. The lowest BCUT2D eigenvalue weighted by Gasteiger charge is -2.22. The predicted octanol–water partition coefficient (Wildman–Crippen LogP) is 4.31. The number of anilines is 1. The molecule has 0 heterocycles. The van der Waals surface area contributed by atoms with Crippen molar-refractivity contribution in [1.29, 1.82) is 0 Å². The van der Waals surface area contributed by atoms with Crippen molar-refractivity contribution in [3.8, 4) is 0 Å². The second-order valence-electron chi connectivity index (χ2n) is 6.27. The Kier molecular flexibility index (Phi) is 6.64. The number of nitrogens with zero attached hydrogens (tertiary/aromatic N) is 1. The summed E-state index contributed by atoms with van der Waals surface area (Å²) in [5.41, 5.74) is 0.974. The van der Waals surface area contributed by atoms with Crippen LogP contribution in [-0.2, 0) is 21.4 Å². The third-order valence-electron chi connectivity index (χ3n) is 4.08. The summed E-state index contributed by atoms with van der Waals surface area (Å²) in [6.45, 7) is -0.432. The molecule has 0 fully saturated rings. The van der Waals surface area contributed by atoms with Crippen molar-refractivity contribution < 1.29 is 17.6 Å². The maximum absolute atomic E-state index is 13.3. The number of halogens is 2. The second kappa shape index (κ2) is 9.17. The summed E-state index contributed by atoms with van der Waals surface area (Å²) >= 11 is 5.86. The van der Waals surface area contributed by atoms with Crippen LogP contribution in [0.4, 0.5) is 10.1 Å². The zero-order chi connectivity index (χ0) is 20.9. The van der Waals surface area contributed by atoms with E-state index in [1.54, 1.807) is 24.3 Å². The molecule has 5 nitrogen and oxygen atoms in total. The van der Waals surface area contributed by atoms with Gasteiger partial charge in [0.15, 0.2) is 0 Å². The average Bonchev–Trinajstić information content (AvgIpc) is 2.68. The fraction of sp³-hybridized carbons (Fsp3) is 0.0952. The first kappa shape index (κ1) is 21.0. The quantitative estimate of drug-likeness (QED) is 0.605. The Bertz CT molecular complexity index is 1090. The van der Waals surface area contributed by atoms with Crippen LogP contribution in [0.15, 0.2) is 83.8 Å². The van der Waals surface area contributed by atoms with Gasteiger partial charge in [0.05, 0.1) is 11.4 Å². The Morgan fingerprint density at radius 3 is 2.31 bits per heavy atom. The zero-order valence-electron chi connectivity index (χ0n) is 15.3. The Balaban J connectivity index is 1.86. The first-order valence-electron chi connectivity index (χ1n) is 8.70. The van der Waals surface area contributed by atoms with Gasteiger partial charge in [0.1, 0.15) is 5.82 Å². The highest BCUT2D eigenvalue weighted by atomic mass is 35.5. The standard InChI is InChI=1S/C21H18ClFN2O3S/c22-17-9-11-20(12-10-17)29(27,28)25(14-16-5-2-1-3-6-16)15-21(26)24-19-8-4-7-18(23)13-19/h1-13H,14-15H2,(H,24,26). The number of nitrogens with one attached hydrogen (secondary N) is 1. The van der Waals surface area contributed by atoms with Crippen LogP contribution in [0.1, 0.15) is 5.56 Å². The summed E-state index contributed by atoms with van der Waals surface area (Å²) in [7, 11) is -3.97. The van der Waals surface area contributed by atoms with E-state index in [0.717, 1.165) is 15.9 Å². The van der Waals surface area contributed by atoms with E-state index < -0.39 is 28.3 Å². The molecule has 3 aromatic carbocycles. The highest BCUT2D eigenvalue weighted by molar-refractivity contribution is 7.89. The molecule has 8 heteroatoms. The molecule has 0 atom stereocenters. The van der Waals surface area contributed by atoms with Crippen LogP contribution < -0.4 is 5.32 Å². The normalized spacial score (nSPS) is 11.4. The molecule has 150 valence electrons. The Morgan fingerprint density at radius 1 is 0.966 bits per heavy atom. The minimum Gasteiger partial charge on any atom is -0.325 e. The van der Waals surface area contributed by atoms with Crippen molar-refractivity contribution in [2.24, 2.45) is 0 Å². The first-order valence-corrected chi connectivity index (χ1v) is 10.5. The Morgan fingerprint density at radius 2 is 1.66 bits per heavy atom. The number of rotatable bonds is 7. The number of hydrogen-bond acceptors (Lipinski definition) is 3. The van der Waals surface area contributed by atoms with Gasteiger partial charge in [-0.2, -0.15) is 4.31 Å². The van der Waals surface area contributed by atoms with Crippen LogP contribution in [0.5, 0.6) is 0 Å². The molecule has 0 saturated carbocycles. The third-order valence-corrected chi connectivity index (χ3v) is 6.14. The SMILES string of the molecule is O=C(CN(Cc1ccccc1)S(=O)(=O)c1ccc(Cl)cc1)Nc1cccc(F)c1. The van der Waals surface area contributed by atoms with Gasteiger partial charge in [-0.05, 0) is 48.0 Å². The summed E-state index contributed by atoms with van der Waals surface area (Å²) in [5, 5.41) is 2.93. The van der Waals surface area contributed by atoms with Crippen LogP contribution in [0.3, 0.4) is 0 Å². The molecule has 0 spiro atoms. The van der Waals surface area contributed by atoms with Crippen LogP contribution in [0, 0.1) is 5.82 Å². The lowest BCUT2D eigenvalue weighted by Crippen LogP contribution is -2.37. The van der Waals surface area contributed by atoms with Gasteiger partial charge in [-0.15, -0.1) is 0 Å². The summed E-state index contributed by atoms with van der Waals surface area (Å²) in [4.78, 5) is 12.5. The largest absolute Gasteiger partial charge is 0.325 e. The Hall–Kier alpha value is -2.74. The summed E-state index contributed by atoms with van der Waals surface area (Å²) in [5.74, 6) is -1.08. The van der Waals surface area contributed by atoms with Gasteiger partial charge in [-0.1, -0.05) is 48.0 Å². The maximum Gasteiger partial charge on any atom is 0.243 e. The minimum atomic E-state index is -3.97. The van der Waals surface area contributed by atoms with E-state index in [1.807, 2.05) is 6.07 Å². The molecule has 0 saturated heterocycles. The van der Waals surface area contributed by atoms with Crippen LogP contribution >= 0.6 is 11.6 Å². The molecule has 29 heavy (non-hydrogen) atoms. The number of carbonyl (C=O) groups excluding carboxylic acids is 1. The highest BCUT2D eigenvalue weighted by Crippen LogP contribution is 2.21. The zero-order valence-corrected chi connectivity index (χ0v) is 16.8. The highest BCUT2D eigenvalue weighted by Gasteiger charge is 2.27. The van der Waals surface area contributed by atoms with Crippen molar-refractivity contribution in [3.05, 3.63) is 95.3 Å². The molecule has 3 rings (SSSR count). The molecule has 0 unspecified atom stereocenters. The first-order chi connectivity index (χ1) is 13.8. The van der Waals surface area contributed by atoms with Gasteiger partial charge >= 0.3 is 0 Å². The Labute approximate surface area is 173 Å². The monoisotopic (exact) mass is 432 g/mol. The third kappa shape index (κ3) is 5.63. The van der Waals surface area contributed by atoms with Gasteiger partial charge in [0.25, 0.3) is 0 Å². The molecular formula is C21H18ClFN2O3S. The van der Waals surface area contributed by atoms with Gasteiger partial charge < -0.3 is 5.32 Å². The predicted molar refractivity (Wildman–Crippen MR) is 111 cm³/mol. The van der Waals surface area contributed by atoms with Crippen LogP contribution in [0.25, 0.3) is 0 Å². The fourth-order valence-corrected chi connectivity index (χ4v) is 4.21. The van der Waals surface area contributed by atoms with E-state index in [2.05, 4.69) is 5.32 Å². The van der Waals surface area contributed by atoms with E-state index >= 15 is 0 Å². The lowest BCUT2D eigenvalue weighted by molar-refractivity contribution is -0.116. The van der Waals surface area contributed by atoms with Crippen molar-refractivity contribution >= 4 is 33.2 Å². The summed E-state index contributed by atoms with van der Waals surface area (Å²) < 4.78 is 40.7. The van der Waals surface area contributed by atoms with Gasteiger partial charge in [-0.3, -0.25) is 4.79 Å². The topological polar surface area (TPSA) is 66.5 Å². The molecule has 0 aliphatic carbocycles. The number of hydrogen-bond donors (Lipinski definition) is 1. The van der Waals surface area contributed by atoms with Crippen molar-refractivity contribution in [1.82, 2.24) is 4.31 Å². The molecule has 0 bridgehead atoms. The number of sulfonamides is 1. The smallest absolute Gasteiger partial charge is 0.243 e. The maximum atomic E-state index is 13.3. The van der Waals surface area contributed by atoms with E-state index in [-0.39, 0.29) is 17.1 Å². The van der Waals surface area contributed by atoms with Crippen molar-refractivity contribution in [2.45, 2.75) is 11.4 Å². The molecule has 0 aliphatic heterocycles. The van der Waals surface area contributed by atoms with Gasteiger partial charge in [0.2, 0.25) is 15.9 Å². The van der Waals surface area contributed by atoms with Gasteiger partial charge in [-0.25, -0.2) is 12.8 Å². The molecule has 0 aliphatic rings. The van der Waals surface area contributed by atoms with E-state index in [0.29, 0.717) is 5.02 Å².